The van der Waals surface area contributed by atoms with E-state index in [1.54, 1.807) is 11.8 Å². The first-order chi connectivity index (χ1) is 8.76. The van der Waals surface area contributed by atoms with Crippen molar-refractivity contribution in [3.8, 4) is 0 Å². The zero-order valence-corrected chi connectivity index (χ0v) is 11.5. The molecule has 0 radical (unpaired) electrons. The molecule has 0 atom stereocenters. The van der Waals surface area contributed by atoms with Crippen molar-refractivity contribution < 1.29 is 9.63 Å². The van der Waals surface area contributed by atoms with Crippen LogP contribution in [0.2, 0.25) is 0 Å². The van der Waals surface area contributed by atoms with Crippen LogP contribution in [0.25, 0.3) is 0 Å². The predicted molar refractivity (Wildman–Crippen MR) is 75.6 cm³/mol. The Kier molecular flexibility index (Phi) is 6.94. The maximum absolute atomic E-state index is 10.9. The SMILES string of the molecule is CCCC(=NOC(=O)NC)SCc1ccccc1. The predicted octanol–water partition coefficient (Wildman–Crippen LogP) is 3.39. The minimum Gasteiger partial charge on any atom is -0.323 e. The molecule has 1 aromatic rings. The molecular formula is C13H18N2O2S. The lowest BCUT2D eigenvalue weighted by atomic mass is 10.2. The summed E-state index contributed by atoms with van der Waals surface area (Å²) in [4.78, 5) is 15.7. The van der Waals surface area contributed by atoms with Gasteiger partial charge in [-0.15, -0.1) is 11.8 Å². The van der Waals surface area contributed by atoms with Gasteiger partial charge in [0.1, 0.15) is 5.04 Å². The molecular weight excluding hydrogens is 248 g/mol. The number of thioether (sulfide) groups is 1. The second-order valence-corrected chi connectivity index (χ2v) is 4.69. The Bertz CT molecular complexity index is 393. The summed E-state index contributed by atoms with van der Waals surface area (Å²) in [7, 11) is 1.51. The highest BCUT2D eigenvalue weighted by molar-refractivity contribution is 8.13. The lowest BCUT2D eigenvalue weighted by molar-refractivity contribution is 0.153. The summed E-state index contributed by atoms with van der Waals surface area (Å²) < 4.78 is 0. The van der Waals surface area contributed by atoms with Crippen molar-refractivity contribution >= 4 is 22.9 Å². The van der Waals surface area contributed by atoms with Gasteiger partial charge in [-0.3, -0.25) is 4.84 Å². The summed E-state index contributed by atoms with van der Waals surface area (Å²) in [5.41, 5.74) is 1.23. The van der Waals surface area contributed by atoms with Gasteiger partial charge in [-0.1, -0.05) is 42.4 Å². The van der Waals surface area contributed by atoms with E-state index in [1.807, 2.05) is 18.2 Å². The van der Waals surface area contributed by atoms with Gasteiger partial charge < -0.3 is 5.32 Å². The molecule has 0 unspecified atom stereocenters. The third kappa shape index (κ3) is 5.72. The Morgan fingerprint density at radius 2 is 2.11 bits per heavy atom. The highest BCUT2D eigenvalue weighted by Gasteiger charge is 2.03. The first-order valence-electron chi connectivity index (χ1n) is 5.88. The smallest absolute Gasteiger partial charge is 0.323 e. The van der Waals surface area contributed by atoms with Gasteiger partial charge in [-0.05, 0) is 18.4 Å². The zero-order valence-electron chi connectivity index (χ0n) is 10.7. The molecule has 4 nitrogen and oxygen atoms in total. The maximum atomic E-state index is 10.9. The first-order valence-corrected chi connectivity index (χ1v) is 6.87. The second kappa shape index (κ2) is 8.58. The fraction of sp³-hybridized carbons (Fsp3) is 0.385. The Hall–Kier alpha value is -1.49. The minimum absolute atomic E-state index is 0.538. The number of nitrogens with one attached hydrogen (secondary N) is 1. The number of nitrogens with zero attached hydrogens (tertiary/aromatic N) is 1. The molecule has 1 N–H and O–H groups in total. The number of amides is 1. The van der Waals surface area contributed by atoms with Crippen LogP contribution < -0.4 is 5.32 Å². The monoisotopic (exact) mass is 266 g/mol. The van der Waals surface area contributed by atoms with E-state index in [0.717, 1.165) is 23.6 Å². The average Bonchev–Trinajstić information content (AvgIpc) is 2.42. The van der Waals surface area contributed by atoms with E-state index in [-0.39, 0.29) is 0 Å². The fourth-order valence-electron chi connectivity index (χ4n) is 1.24. The first kappa shape index (κ1) is 14.6. The fourth-order valence-corrected chi connectivity index (χ4v) is 2.20. The number of benzene rings is 1. The molecule has 0 spiro atoms. The number of hydrogen-bond donors (Lipinski definition) is 1. The molecule has 0 aromatic heterocycles. The van der Waals surface area contributed by atoms with Crippen molar-refractivity contribution in [1.29, 1.82) is 0 Å². The number of carbonyl (C=O) groups excluding carboxylic acids is 1. The zero-order chi connectivity index (χ0) is 13.2. The maximum Gasteiger partial charge on any atom is 0.433 e. The van der Waals surface area contributed by atoms with Crippen LogP contribution in [0, 0.1) is 0 Å². The number of rotatable bonds is 5. The van der Waals surface area contributed by atoms with Crippen LogP contribution in [-0.2, 0) is 10.6 Å². The van der Waals surface area contributed by atoms with Gasteiger partial charge in [0.25, 0.3) is 0 Å². The summed E-state index contributed by atoms with van der Waals surface area (Å²) in [5, 5.41) is 7.06. The van der Waals surface area contributed by atoms with Gasteiger partial charge in [-0.2, -0.15) is 0 Å². The molecule has 5 heteroatoms. The minimum atomic E-state index is -0.538. The van der Waals surface area contributed by atoms with Crippen LogP contribution in [-0.4, -0.2) is 18.2 Å². The van der Waals surface area contributed by atoms with Crippen LogP contribution in [0.15, 0.2) is 35.5 Å². The lowest BCUT2D eigenvalue weighted by Crippen LogP contribution is -2.17. The Balaban J connectivity index is 2.49. The average molecular weight is 266 g/mol. The van der Waals surface area contributed by atoms with Crippen molar-refractivity contribution in [1.82, 2.24) is 5.32 Å². The molecule has 0 heterocycles. The summed E-state index contributed by atoms with van der Waals surface area (Å²) in [6.45, 7) is 2.07. The van der Waals surface area contributed by atoms with Crippen LogP contribution in [0.5, 0.6) is 0 Å². The Morgan fingerprint density at radius 3 is 2.72 bits per heavy atom. The molecule has 0 fully saturated rings. The quantitative estimate of drug-likeness (QED) is 0.384. The molecule has 0 bridgehead atoms. The van der Waals surface area contributed by atoms with E-state index in [2.05, 4.69) is 29.5 Å². The van der Waals surface area contributed by atoms with E-state index in [9.17, 15) is 4.79 Å². The summed E-state index contributed by atoms with van der Waals surface area (Å²) in [6.07, 6.45) is 1.25. The molecule has 0 saturated heterocycles. The number of oxime groups is 1. The molecule has 1 rings (SSSR count). The van der Waals surface area contributed by atoms with Crippen LogP contribution in [0.4, 0.5) is 4.79 Å². The van der Waals surface area contributed by atoms with Gasteiger partial charge in [0.05, 0.1) is 0 Å². The van der Waals surface area contributed by atoms with Gasteiger partial charge in [0.2, 0.25) is 0 Å². The topological polar surface area (TPSA) is 50.7 Å². The number of hydrogen-bond acceptors (Lipinski definition) is 4. The van der Waals surface area contributed by atoms with E-state index in [0.29, 0.717) is 0 Å². The number of carbonyl (C=O) groups is 1. The van der Waals surface area contributed by atoms with E-state index in [4.69, 9.17) is 4.84 Å². The highest BCUT2D eigenvalue weighted by atomic mass is 32.2. The molecule has 0 aliphatic heterocycles. The van der Waals surface area contributed by atoms with Gasteiger partial charge in [0.15, 0.2) is 0 Å². The summed E-state index contributed by atoms with van der Waals surface area (Å²) in [5.74, 6) is 0.830. The van der Waals surface area contributed by atoms with Gasteiger partial charge in [-0.25, -0.2) is 4.79 Å². The molecule has 98 valence electrons. The van der Waals surface area contributed by atoms with E-state index >= 15 is 0 Å². The van der Waals surface area contributed by atoms with Crippen molar-refractivity contribution in [2.75, 3.05) is 7.05 Å². The molecule has 18 heavy (non-hydrogen) atoms. The van der Waals surface area contributed by atoms with E-state index < -0.39 is 6.09 Å². The highest BCUT2D eigenvalue weighted by Crippen LogP contribution is 2.17. The van der Waals surface area contributed by atoms with E-state index in [1.165, 1.54) is 12.6 Å². The second-order valence-electron chi connectivity index (χ2n) is 3.64. The third-order valence-electron chi connectivity index (χ3n) is 2.15. The summed E-state index contributed by atoms with van der Waals surface area (Å²) in [6, 6.07) is 10.1. The van der Waals surface area contributed by atoms with Crippen molar-refractivity contribution in [2.24, 2.45) is 5.16 Å². The van der Waals surface area contributed by atoms with Crippen molar-refractivity contribution in [2.45, 2.75) is 25.5 Å². The normalized spacial score (nSPS) is 11.1. The Labute approximate surface area is 112 Å². The van der Waals surface area contributed by atoms with Crippen molar-refractivity contribution in [3.05, 3.63) is 35.9 Å². The molecule has 0 saturated carbocycles. The molecule has 1 aromatic carbocycles. The summed E-state index contributed by atoms with van der Waals surface area (Å²) >= 11 is 1.60. The van der Waals surface area contributed by atoms with Crippen molar-refractivity contribution in [3.63, 3.8) is 0 Å². The van der Waals surface area contributed by atoms with Crippen LogP contribution in [0.1, 0.15) is 25.3 Å². The van der Waals surface area contributed by atoms with Crippen LogP contribution in [0.3, 0.4) is 0 Å². The lowest BCUT2D eigenvalue weighted by Gasteiger charge is -2.04. The molecule has 0 aliphatic rings. The van der Waals surface area contributed by atoms with Gasteiger partial charge >= 0.3 is 6.09 Å². The largest absolute Gasteiger partial charge is 0.433 e. The molecule has 0 aliphatic carbocycles. The third-order valence-corrected chi connectivity index (χ3v) is 3.24. The standard InChI is InChI=1S/C13H18N2O2S/c1-3-7-12(15-17-13(16)14-2)18-10-11-8-5-4-6-9-11/h4-6,8-9H,3,7,10H2,1-2H3,(H,14,16). The van der Waals surface area contributed by atoms with Gasteiger partial charge in [0, 0.05) is 12.8 Å². The molecule has 1 amide bonds. The van der Waals surface area contributed by atoms with Crippen LogP contribution >= 0.6 is 11.8 Å². The Morgan fingerprint density at radius 1 is 1.39 bits per heavy atom.